The van der Waals surface area contributed by atoms with E-state index in [1.807, 2.05) is 32.0 Å². The molecule has 2 rings (SSSR count). The molecule has 0 saturated heterocycles. The highest BCUT2D eigenvalue weighted by molar-refractivity contribution is 5.76. The molecule has 0 aliphatic carbocycles. The first-order valence-electron chi connectivity index (χ1n) is 8.15. The molecule has 5 nitrogen and oxygen atoms in total. The molecule has 0 heterocycles. The van der Waals surface area contributed by atoms with Crippen molar-refractivity contribution in [3.63, 3.8) is 0 Å². The molecule has 0 fully saturated rings. The number of carbonyl (C=O) groups is 1. The SMILES string of the molecule is COc1ccc(C(Cc2ccc(OC(C)C)c(OC)c2)C(=O)O)cc1. The number of benzene rings is 2. The van der Waals surface area contributed by atoms with E-state index < -0.39 is 11.9 Å². The first-order chi connectivity index (χ1) is 11.9. The molecule has 0 spiro atoms. The van der Waals surface area contributed by atoms with E-state index in [4.69, 9.17) is 14.2 Å². The first kappa shape index (κ1) is 18.6. The molecule has 5 heteroatoms. The van der Waals surface area contributed by atoms with Crippen molar-refractivity contribution in [3.8, 4) is 17.2 Å². The summed E-state index contributed by atoms with van der Waals surface area (Å²) in [6.07, 6.45) is 0.394. The summed E-state index contributed by atoms with van der Waals surface area (Å²) in [6, 6.07) is 12.6. The standard InChI is InChI=1S/C20H24O5/c1-13(2)25-18-10-5-14(12-19(18)24-4)11-17(20(21)22)15-6-8-16(23-3)9-7-15/h5-10,12-13,17H,11H2,1-4H3,(H,21,22). The Balaban J connectivity index is 2.25. The third kappa shape index (κ3) is 4.89. The van der Waals surface area contributed by atoms with E-state index >= 15 is 0 Å². The van der Waals surface area contributed by atoms with Crippen molar-refractivity contribution in [2.24, 2.45) is 0 Å². The molecular weight excluding hydrogens is 320 g/mol. The Kier molecular flexibility index (Phi) is 6.28. The predicted molar refractivity (Wildman–Crippen MR) is 95.8 cm³/mol. The number of methoxy groups -OCH3 is 2. The van der Waals surface area contributed by atoms with Crippen LogP contribution >= 0.6 is 0 Å². The molecule has 134 valence electrons. The Labute approximate surface area is 148 Å². The maximum atomic E-state index is 11.7. The maximum absolute atomic E-state index is 11.7. The molecule has 0 aliphatic rings. The molecule has 1 atom stereocenters. The van der Waals surface area contributed by atoms with Crippen LogP contribution in [0.1, 0.15) is 30.9 Å². The molecule has 0 radical (unpaired) electrons. The lowest BCUT2D eigenvalue weighted by Gasteiger charge is -2.17. The van der Waals surface area contributed by atoms with Gasteiger partial charge in [-0.05, 0) is 55.7 Å². The van der Waals surface area contributed by atoms with Gasteiger partial charge >= 0.3 is 5.97 Å². The van der Waals surface area contributed by atoms with Crippen LogP contribution in [-0.2, 0) is 11.2 Å². The van der Waals surface area contributed by atoms with Crippen molar-refractivity contribution in [1.29, 1.82) is 0 Å². The lowest BCUT2D eigenvalue weighted by Crippen LogP contribution is -2.14. The van der Waals surface area contributed by atoms with E-state index in [0.717, 1.165) is 11.1 Å². The van der Waals surface area contributed by atoms with Crippen LogP contribution in [0.15, 0.2) is 42.5 Å². The fourth-order valence-corrected chi connectivity index (χ4v) is 2.61. The van der Waals surface area contributed by atoms with Crippen LogP contribution in [0.25, 0.3) is 0 Å². The topological polar surface area (TPSA) is 65.0 Å². The van der Waals surface area contributed by atoms with Gasteiger partial charge in [0.25, 0.3) is 0 Å². The summed E-state index contributed by atoms with van der Waals surface area (Å²) >= 11 is 0. The van der Waals surface area contributed by atoms with Gasteiger partial charge in [-0.15, -0.1) is 0 Å². The molecule has 2 aromatic carbocycles. The van der Waals surface area contributed by atoms with Gasteiger partial charge in [0.2, 0.25) is 0 Å². The third-order valence-electron chi connectivity index (χ3n) is 3.85. The minimum atomic E-state index is -0.869. The highest BCUT2D eigenvalue weighted by Gasteiger charge is 2.21. The molecule has 2 aromatic rings. The zero-order valence-electron chi connectivity index (χ0n) is 15.0. The Bertz CT molecular complexity index is 707. The van der Waals surface area contributed by atoms with Crippen LogP contribution in [0.2, 0.25) is 0 Å². The van der Waals surface area contributed by atoms with E-state index in [2.05, 4.69) is 0 Å². The Morgan fingerprint density at radius 3 is 2.20 bits per heavy atom. The smallest absolute Gasteiger partial charge is 0.311 e. The van der Waals surface area contributed by atoms with Crippen LogP contribution in [0.3, 0.4) is 0 Å². The van der Waals surface area contributed by atoms with Gasteiger partial charge in [0.15, 0.2) is 11.5 Å². The highest BCUT2D eigenvalue weighted by atomic mass is 16.5. The lowest BCUT2D eigenvalue weighted by atomic mass is 9.92. The summed E-state index contributed by atoms with van der Waals surface area (Å²) in [5.41, 5.74) is 1.60. The summed E-state index contributed by atoms with van der Waals surface area (Å²) < 4.78 is 16.2. The Hall–Kier alpha value is -2.69. The molecule has 0 bridgehead atoms. The average Bonchev–Trinajstić information content (AvgIpc) is 2.60. The lowest BCUT2D eigenvalue weighted by molar-refractivity contribution is -0.138. The Morgan fingerprint density at radius 2 is 1.68 bits per heavy atom. The normalized spacial score (nSPS) is 11.9. The number of rotatable bonds is 8. The van der Waals surface area contributed by atoms with Gasteiger partial charge in [0, 0.05) is 0 Å². The molecule has 25 heavy (non-hydrogen) atoms. The van der Waals surface area contributed by atoms with Gasteiger partial charge in [-0.25, -0.2) is 0 Å². The molecule has 0 saturated carbocycles. The van der Waals surface area contributed by atoms with Crippen molar-refractivity contribution in [2.75, 3.05) is 14.2 Å². The highest BCUT2D eigenvalue weighted by Crippen LogP contribution is 2.31. The van der Waals surface area contributed by atoms with Gasteiger partial charge in [-0.2, -0.15) is 0 Å². The van der Waals surface area contributed by atoms with E-state index in [1.54, 1.807) is 38.5 Å². The summed E-state index contributed by atoms with van der Waals surface area (Å²) in [5, 5.41) is 9.63. The van der Waals surface area contributed by atoms with Crippen LogP contribution in [-0.4, -0.2) is 31.4 Å². The molecule has 0 aromatic heterocycles. The van der Waals surface area contributed by atoms with Crippen LogP contribution < -0.4 is 14.2 Å². The number of ether oxygens (including phenoxy) is 3. The number of aliphatic carboxylic acids is 1. The van der Waals surface area contributed by atoms with Gasteiger partial charge in [0.1, 0.15) is 5.75 Å². The monoisotopic (exact) mass is 344 g/mol. The molecule has 0 aliphatic heterocycles. The van der Waals surface area contributed by atoms with Crippen molar-refractivity contribution >= 4 is 5.97 Å². The van der Waals surface area contributed by atoms with E-state index in [0.29, 0.717) is 23.7 Å². The molecule has 0 amide bonds. The minimum absolute atomic E-state index is 0.0332. The van der Waals surface area contributed by atoms with Crippen LogP contribution in [0, 0.1) is 0 Å². The van der Waals surface area contributed by atoms with Gasteiger partial charge in [-0.3, -0.25) is 4.79 Å². The van der Waals surface area contributed by atoms with Crippen LogP contribution in [0.5, 0.6) is 17.2 Å². The largest absolute Gasteiger partial charge is 0.497 e. The van der Waals surface area contributed by atoms with Gasteiger partial charge < -0.3 is 19.3 Å². The molecule has 1 unspecified atom stereocenters. The second-order valence-electron chi connectivity index (χ2n) is 6.02. The number of hydrogen-bond donors (Lipinski definition) is 1. The number of hydrogen-bond acceptors (Lipinski definition) is 4. The van der Waals surface area contributed by atoms with Crippen molar-refractivity contribution in [1.82, 2.24) is 0 Å². The summed E-state index contributed by atoms with van der Waals surface area (Å²) in [6.45, 7) is 3.88. The number of carboxylic acid groups (broad SMARTS) is 1. The molecular formula is C20H24O5. The summed E-state index contributed by atoms with van der Waals surface area (Å²) in [4.78, 5) is 11.7. The van der Waals surface area contributed by atoms with E-state index in [9.17, 15) is 9.90 Å². The van der Waals surface area contributed by atoms with Crippen LogP contribution in [0.4, 0.5) is 0 Å². The predicted octanol–water partition coefficient (Wildman–Crippen LogP) is 3.90. The van der Waals surface area contributed by atoms with Crippen molar-refractivity contribution in [2.45, 2.75) is 32.3 Å². The zero-order valence-corrected chi connectivity index (χ0v) is 15.0. The zero-order chi connectivity index (χ0) is 18.4. The second-order valence-corrected chi connectivity index (χ2v) is 6.02. The van der Waals surface area contributed by atoms with E-state index in [1.165, 1.54) is 0 Å². The maximum Gasteiger partial charge on any atom is 0.311 e. The van der Waals surface area contributed by atoms with Crippen molar-refractivity contribution < 1.29 is 24.1 Å². The fraction of sp³-hybridized carbons (Fsp3) is 0.350. The van der Waals surface area contributed by atoms with Gasteiger partial charge in [-0.1, -0.05) is 18.2 Å². The summed E-state index contributed by atoms with van der Waals surface area (Å²) in [7, 11) is 3.15. The Morgan fingerprint density at radius 1 is 1.00 bits per heavy atom. The first-order valence-corrected chi connectivity index (χ1v) is 8.15. The third-order valence-corrected chi connectivity index (χ3v) is 3.85. The van der Waals surface area contributed by atoms with E-state index in [-0.39, 0.29) is 6.10 Å². The quantitative estimate of drug-likeness (QED) is 0.787. The van der Waals surface area contributed by atoms with Crippen molar-refractivity contribution in [3.05, 3.63) is 53.6 Å². The molecule has 1 N–H and O–H groups in total. The van der Waals surface area contributed by atoms with Gasteiger partial charge in [0.05, 0.1) is 26.2 Å². The average molecular weight is 344 g/mol. The minimum Gasteiger partial charge on any atom is -0.497 e. The fourth-order valence-electron chi connectivity index (χ4n) is 2.61. The number of carboxylic acids is 1. The summed E-state index contributed by atoms with van der Waals surface area (Å²) in [5.74, 6) is 0.437. The second kappa shape index (κ2) is 8.42.